The van der Waals surface area contributed by atoms with Gasteiger partial charge in [0.25, 0.3) is 0 Å². The molecule has 0 fully saturated rings. The van der Waals surface area contributed by atoms with E-state index < -0.39 is 0 Å². The number of methoxy groups -OCH3 is 1. The number of hydrogen-bond acceptors (Lipinski definition) is 4. The molecule has 2 heterocycles. The first-order chi connectivity index (χ1) is 13.6. The molecule has 2 aromatic carbocycles. The smallest absolute Gasteiger partial charge is 0.185 e. The molecule has 0 aliphatic heterocycles. The van der Waals surface area contributed by atoms with Crippen molar-refractivity contribution in [3.8, 4) is 17.0 Å². The van der Waals surface area contributed by atoms with Crippen LogP contribution in [0.3, 0.4) is 0 Å². The average molecular weight is 369 g/mol. The third-order valence-corrected chi connectivity index (χ3v) is 4.56. The zero-order valence-corrected chi connectivity index (χ0v) is 15.7. The highest BCUT2D eigenvalue weighted by atomic mass is 16.5. The van der Waals surface area contributed by atoms with Gasteiger partial charge in [-0.25, -0.2) is 0 Å². The lowest BCUT2D eigenvalue weighted by Crippen LogP contribution is -1.94. The lowest BCUT2D eigenvalue weighted by atomic mass is 10.0. The van der Waals surface area contributed by atoms with Crippen molar-refractivity contribution in [2.45, 2.75) is 0 Å². The lowest BCUT2D eigenvalue weighted by molar-refractivity contribution is 0.104. The molecule has 0 aliphatic rings. The number of nitrogens with zero attached hydrogens (tertiary/aromatic N) is 3. The summed E-state index contributed by atoms with van der Waals surface area (Å²) in [5.41, 5.74) is 3.30. The summed E-state index contributed by atoms with van der Waals surface area (Å²) in [6, 6.07) is 15.3. The normalized spacial score (nSPS) is 11.2. The molecule has 138 valence electrons. The number of aromatic nitrogens is 3. The summed E-state index contributed by atoms with van der Waals surface area (Å²) in [6.45, 7) is 0. The summed E-state index contributed by atoms with van der Waals surface area (Å²) in [4.78, 5) is 16.7. The lowest BCUT2D eigenvalue weighted by Gasteiger charge is -2.04. The number of rotatable bonds is 5. The second-order valence-corrected chi connectivity index (χ2v) is 6.47. The quantitative estimate of drug-likeness (QED) is 0.383. The van der Waals surface area contributed by atoms with E-state index in [0.29, 0.717) is 5.56 Å². The van der Waals surface area contributed by atoms with Gasteiger partial charge in [0.1, 0.15) is 5.75 Å². The Morgan fingerprint density at radius 2 is 1.79 bits per heavy atom. The number of hydrogen-bond donors (Lipinski definition) is 0. The summed E-state index contributed by atoms with van der Waals surface area (Å²) in [6.07, 6.45) is 8.75. The molecule has 0 saturated carbocycles. The van der Waals surface area contributed by atoms with Crippen molar-refractivity contribution in [1.29, 1.82) is 0 Å². The molecule has 0 saturated heterocycles. The van der Waals surface area contributed by atoms with Crippen LogP contribution in [0.4, 0.5) is 0 Å². The van der Waals surface area contributed by atoms with Crippen molar-refractivity contribution >= 4 is 22.6 Å². The van der Waals surface area contributed by atoms with E-state index in [2.05, 4.69) is 10.1 Å². The molecule has 4 aromatic rings. The second-order valence-electron chi connectivity index (χ2n) is 6.47. The number of carbonyl (C=O) groups is 1. The average Bonchev–Trinajstić information content (AvgIpc) is 3.12. The van der Waals surface area contributed by atoms with Crippen LogP contribution in [0, 0.1) is 0 Å². The SMILES string of the molecule is COc1ccc2cc(C(=O)/C=C/c3cn(C)nc3-c3ccncc3)ccc2c1. The molecule has 0 atom stereocenters. The van der Waals surface area contributed by atoms with Crippen LogP contribution in [0.15, 0.2) is 73.2 Å². The van der Waals surface area contributed by atoms with Crippen LogP contribution < -0.4 is 4.74 Å². The molecule has 0 spiro atoms. The Balaban J connectivity index is 1.62. The maximum atomic E-state index is 12.7. The second kappa shape index (κ2) is 7.48. The molecule has 0 aliphatic carbocycles. The van der Waals surface area contributed by atoms with Gasteiger partial charge in [0, 0.05) is 42.3 Å². The summed E-state index contributed by atoms with van der Waals surface area (Å²) >= 11 is 0. The van der Waals surface area contributed by atoms with Gasteiger partial charge in [-0.1, -0.05) is 18.2 Å². The highest BCUT2D eigenvalue weighted by molar-refractivity contribution is 6.09. The van der Waals surface area contributed by atoms with Gasteiger partial charge in [-0.3, -0.25) is 14.5 Å². The molecular formula is C23H19N3O2. The van der Waals surface area contributed by atoms with Crippen LogP contribution in [-0.4, -0.2) is 27.7 Å². The maximum absolute atomic E-state index is 12.7. The van der Waals surface area contributed by atoms with Gasteiger partial charge in [-0.2, -0.15) is 5.10 Å². The van der Waals surface area contributed by atoms with Crippen LogP contribution in [0.25, 0.3) is 28.1 Å². The summed E-state index contributed by atoms with van der Waals surface area (Å²) in [7, 11) is 3.50. The topological polar surface area (TPSA) is 57.0 Å². The van der Waals surface area contributed by atoms with Crippen LogP contribution in [0.1, 0.15) is 15.9 Å². The number of carbonyl (C=O) groups excluding carboxylic acids is 1. The first kappa shape index (κ1) is 17.7. The third-order valence-electron chi connectivity index (χ3n) is 4.56. The molecule has 0 N–H and O–H groups in total. The fourth-order valence-electron chi connectivity index (χ4n) is 3.13. The number of ether oxygens (including phenoxy) is 1. The minimum atomic E-state index is -0.0535. The van der Waals surface area contributed by atoms with Crippen LogP contribution in [-0.2, 0) is 7.05 Å². The van der Waals surface area contributed by atoms with Crippen LogP contribution in [0.2, 0.25) is 0 Å². The number of allylic oxidation sites excluding steroid dienone is 1. The highest BCUT2D eigenvalue weighted by Crippen LogP contribution is 2.24. The van der Waals surface area contributed by atoms with E-state index in [1.165, 1.54) is 0 Å². The minimum Gasteiger partial charge on any atom is -0.497 e. The number of ketones is 1. The van der Waals surface area contributed by atoms with Crippen molar-refractivity contribution in [3.63, 3.8) is 0 Å². The fraction of sp³-hybridized carbons (Fsp3) is 0.0870. The minimum absolute atomic E-state index is 0.0535. The molecule has 0 radical (unpaired) electrons. The zero-order valence-electron chi connectivity index (χ0n) is 15.7. The Morgan fingerprint density at radius 3 is 2.57 bits per heavy atom. The van der Waals surface area contributed by atoms with Crippen LogP contribution in [0.5, 0.6) is 5.75 Å². The Hall–Kier alpha value is -3.73. The van der Waals surface area contributed by atoms with Crippen molar-refractivity contribution < 1.29 is 9.53 Å². The number of fused-ring (bicyclic) bond motifs is 1. The molecule has 28 heavy (non-hydrogen) atoms. The summed E-state index contributed by atoms with van der Waals surface area (Å²) in [5.74, 6) is 0.744. The number of pyridine rings is 1. The molecule has 0 amide bonds. The van der Waals surface area contributed by atoms with E-state index in [4.69, 9.17) is 4.74 Å². The van der Waals surface area contributed by atoms with Crippen LogP contribution >= 0.6 is 0 Å². The molecule has 0 bridgehead atoms. The molecule has 5 heteroatoms. The van der Waals surface area contributed by atoms with Crippen molar-refractivity contribution in [2.75, 3.05) is 7.11 Å². The van der Waals surface area contributed by atoms with Crippen molar-refractivity contribution in [3.05, 3.63) is 84.3 Å². The van der Waals surface area contributed by atoms with Crippen molar-refractivity contribution in [2.24, 2.45) is 7.05 Å². The monoisotopic (exact) mass is 369 g/mol. The molecule has 4 rings (SSSR count). The maximum Gasteiger partial charge on any atom is 0.185 e. The Labute approximate surface area is 162 Å². The van der Waals surface area contributed by atoms with E-state index in [1.807, 2.05) is 67.9 Å². The summed E-state index contributed by atoms with van der Waals surface area (Å²) < 4.78 is 6.99. The molecule has 0 unspecified atom stereocenters. The van der Waals surface area contributed by atoms with Gasteiger partial charge < -0.3 is 4.74 Å². The third kappa shape index (κ3) is 3.55. The van der Waals surface area contributed by atoms with E-state index in [9.17, 15) is 4.79 Å². The number of aryl methyl sites for hydroxylation is 1. The largest absolute Gasteiger partial charge is 0.497 e. The van der Waals surface area contributed by atoms with Gasteiger partial charge in [0.05, 0.1) is 12.8 Å². The van der Waals surface area contributed by atoms with Gasteiger partial charge in [-0.05, 0) is 53.3 Å². The Kier molecular flexibility index (Phi) is 4.72. The predicted molar refractivity (Wildman–Crippen MR) is 110 cm³/mol. The highest BCUT2D eigenvalue weighted by Gasteiger charge is 2.09. The van der Waals surface area contributed by atoms with Gasteiger partial charge >= 0.3 is 0 Å². The van der Waals surface area contributed by atoms with E-state index >= 15 is 0 Å². The zero-order chi connectivity index (χ0) is 19.5. The Morgan fingerprint density at radius 1 is 1.04 bits per heavy atom. The molecule has 5 nitrogen and oxygen atoms in total. The van der Waals surface area contributed by atoms with Gasteiger partial charge in [0.2, 0.25) is 0 Å². The molecule has 2 aromatic heterocycles. The summed E-state index contributed by atoms with van der Waals surface area (Å²) in [5, 5.41) is 6.54. The molecular weight excluding hydrogens is 350 g/mol. The predicted octanol–water partition coefficient (Wildman–Crippen LogP) is 4.54. The Bertz CT molecular complexity index is 1180. The van der Waals surface area contributed by atoms with E-state index in [0.717, 1.165) is 33.3 Å². The van der Waals surface area contributed by atoms with Gasteiger partial charge in [0.15, 0.2) is 5.78 Å². The van der Waals surface area contributed by atoms with Crippen molar-refractivity contribution in [1.82, 2.24) is 14.8 Å². The first-order valence-corrected chi connectivity index (χ1v) is 8.88. The fourth-order valence-corrected chi connectivity index (χ4v) is 3.13. The standard InChI is InChI=1S/C23H19N3O2/c1-26-15-20(23(25-26)16-9-11-24-12-10-16)6-8-22(27)19-4-3-18-14-21(28-2)7-5-17(18)13-19/h3-15H,1-2H3/b8-6+. The van der Waals surface area contributed by atoms with Gasteiger partial charge in [-0.15, -0.1) is 0 Å². The van der Waals surface area contributed by atoms with E-state index in [1.54, 1.807) is 30.3 Å². The number of benzene rings is 2. The van der Waals surface area contributed by atoms with E-state index in [-0.39, 0.29) is 5.78 Å². The first-order valence-electron chi connectivity index (χ1n) is 8.88.